The Hall–Kier alpha value is -1.44. The Morgan fingerprint density at radius 1 is 1.38 bits per heavy atom. The summed E-state index contributed by atoms with van der Waals surface area (Å²) in [4.78, 5) is 24.8. The summed E-state index contributed by atoms with van der Waals surface area (Å²) >= 11 is 1.52. The second-order valence-corrected chi connectivity index (χ2v) is 5.23. The van der Waals surface area contributed by atoms with E-state index in [0.717, 1.165) is 0 Å². The highest BCUT2D eigenvalue weighted by atomic mass is 35.5. The molecule has 0 aliphatic carbocycles. The first-order chi connectivity index (χ1) is 9.69. The van der Waals surface area contributed by atoms with Crippen molar-refractivity contribution >= 4 is 41.7 Å². The highest BCUT2D eigenvalue weighted by Gasteiger charge is 2.22. The Morgan fingerprint density at radius 3 is 2.67 bits per heavy atom. The summed E-state index contributed by atoms with van der Waals surface area (Å²) in [5, 5.41) is 2.75. The zero-order valence-electron chi connectivity index (χ0n) is 11.4. The molecule has 1 aromatic rings. The quantitative estimate of drug-likeness (QED) is 0.809. The molecule has 2 rings (SSSR count). The standard InChI is InChI=1S/C13H17N3O3S.ClH/c14-5-6-19-11-3-1-10(2-4-11)15-12(17)7-16-9-20-8-13(16)18;/h1-4H,5-9,14H2,(H,15,17);1H. The summed E-state index contributed by atoms with van der Waals surface area (Å²) in [5.74, 6) is 1.56. The van der Waals surface area contributed by atoms with E-state index >= 15 is 0 Å². The Kier molecular flexibility index (Phi) is 7.35. The van der Waals surface area contributed by atoms with Crippen molar-refractivity contribution in [2.45, 2.75) is 0 Å². The lowest BCUT2D eigenvalue weighted by Gasteiger charge is -2.14. The molecule has 0 aromatic heterocycles. The van der Waals surface area contributed by atoms with E-state index < -0.39 is 0 Å². The summed E-state index contributed by atoms with van der Waals surface area (Å²) < 4.78 is 5.34. The number of rotatable bonds is 6. The maximum absolute atomic E-state index is 11.8. The predicted octanol–water partition coefficient (Wildman–Crippen LogP) is 0.917. The van der Waals surface area contributed by atoms with E-state index in [-0.39, 0.29) is 30.8 Å². The summed E-state index contributed by atoms with van der Waals surface area (Å²) in [7, 11) is 0. The van der Waals surface area contributed by atoms with Crippen molar-refractivity contribution in [2.75, 3.05) is 36.6 Å². The van der Waals surface area contributed by atoms with Gasteiger partial charge in [0.1, 0.15) is 18.9 Å². The third kappa shape index (κ3) is 5.45. The van der Waals surface area contributed by atoms with Gasteiger partial charge in [-0.1, -0.05) is 0 Å². The van der Waals surface area contributed by atoms with Crippen molar-refractivity contribution in [3.05, 3.63) is 24.3 Å². The van der Waals surface area contributed by atoms with Crippen molar-refractivity contribution in [2.24, 2.45) is 5.73 Å². The fraction of sp³-hybridized carbons (Fsp3) is 0.385. The van der Waals surface area contributed by atoms with Crippen LogP contribution in [0.3, 0.4) is 0 Å². The van der Waals surface area contributed by atoms with Gasteiger partial charge in [-0.25, -0.2) is 0 Å². The lowest BCUT2D eigenvalue weighted by atomic mass is 10.3. The van der Waals surface area contributed by atoms with Gasteiger partial charge in [-0.3, -0.25) is 9.59 Å². The molecule has 3 N–H and O–H groups in total. The van der Waals surface area contributed by atoms with Gasteiger partial charge in [0.15, 0.2) is 0 Å². The molecule has 116 valence electrons. The maximum Gasteiger partial charge on any atom is 0.244 e. The fourth-order valence-electron chi connectivity index (χ4n) is 1.73. The molecule has 0 spiro atoms. The third-order valence-corrected chi connectivity index (χ3v) is 3.63. The molecular formula is C13H18ClN3O3S. The van der Waals surface area contributed by atoms with Gasteiger partial charge < -0.3 is 20.7 Å². The summed E-state index contributed by atoms with van der Waals surface area (Å²) in [6.45, 7) is 1.01. The molecule has 0 unspecified atom stereocenters. The van der Waals surface area contributed by atoms with E-state index in [2.05, 4.69) is 5.32 Å². The maximum atomic E-state index is 11.8. The van der Waals surface area contributed by atoms with Gasteiger partial charge in [0, 0.05) is 12.2 Å². The zero-order valence-corrected chi connectivity index (χ0v) is 13.0. The van der Waals surface area contributed by atoms with E-state index in [1.807, 2.05) is 0 Å². The molecule has 1 heterocycles. The van der Waals surface area contributed by atoms with Gasteiger partial charge in [-0.05, 0) is 24.3 Å². The first kappa shape index (κ1) is 17.6. The van der Waals surface area contributed by atoms with Crippen LogP contribution in [0.1, 0.15) is 0 Å². The Bertz CT molecular complexity index is 484. The van der Waals surface area contributed by atoms with Crippen molar-refractivity contribution in [3.63, 3.8) is 0 Å². The number of amides is 2. The molecule has 1 aliphatic heterocycles. The number of hydrogen-bond donors (Lipinski definition) is 2. The normalized spacial score (nSPS) is 13.8. The average molecular weight is 332 g/mol. The van der Waals surface area contributed by atoms with Crippen LogP contribution in [-0.2, 0) is 9.59 Å². The number of thioether (sulfide) groups is 1. The molecule has 21 heavy (non-hydrogen) atoms. The highest BCUT2D eigenvalue weighted by Crippen LogP contribution is 2.17. The van der Waals surface area contributed by atoms with Crippen LogP contribution >= 0.6 is 24.2 Å². The van der Waals surface area contributed by atoms with Crippen LogP contribution in [0.15, 0.2) is 24.3 Å². The topological polar surface area (TPSA) is 84.7 Å². The van der Waals surface area contributed by atoms with E-state index in [9.17, 15) is 9.59 Å². The number of carbonyl (C=O) groups excluding carboxylic acids is 2. The van der Waals surface area contributed by atoms with Crippen molar-refractivity contribution in [1.29, 1.82) is 0 Å². The molecular weight excluding hydrogens is 314 g/mol. The Balaban J connectivity index is 0.00000220. The van der Waals surface area contributed by atoms with Gasteiger partial charge in [0.05, 0.1) is 11.6 Å². The molecule has 0 bridgehead atoms. The minimum Gasteiger partial charge on any atom is -0.492 e. The molecule has 1 fully saturated rings. The van der Waals surface area contributed by atoms with E-state index in [1.165, 1.54) is 11.8 Å². The van der Waals surface area contributed by atoms with Crippen LogP contribution < -0.4 is 15.8 Å². The Labute approximate surface area is 133 Å². The molecule has 0 atom stereocenters. The fourth-order valence-corrected chi connectivity index (χ4v) is 2.63. The van der Waals surface area contributed by atoms with Crippen LogP contribution in [-0.4, -0.2) is 48.0 Å². The van der Waals surface area contributed by atoms with Crippen LogP contribution in [0.5, 0.6) is 5.75 Å². The monoisotopic (exact) mass is 331 g/mol. The number of benzene rings is 1. The second kappa shape index (κ2) is 8.76. The van der Waals surface area contributed by atoms with Crippen LogP contribution in [0, 0.1) is 0 Å². The molecule has 8 heteroatoms. The smallest absolute Gasteiger partial charge is 0.244 e. The van der Waals surface area contributed by atoms with Crippen molar-refractivity contribution in [1.82, 2.24) is 4.90 Å². The summed E-state index contributed by atoms with van der Waals surface area (Å²) in [6, 6.07) is 7.04. The summed E-state index contributed by atoms with van der Waals surface area (Å²) in [5.41, 5.74) is 6.02. The third-order valence-electron chi connectivity index (χ3n) is 2.68. The number of anilines is 1. The molecule has 0 saturated carbocycles. The largest absolute Gasteiger partial charge is 0.492 e. The van der Waals surface area contributed by atoms with Crippen molar-refractivity contribution in [3.8, 4) is 5.75 Å². The number of nitrogens with zero attached hydrogens (tertiary/aromatic N) is 1. The predicted molar refractivity (Wildman–Crippen MR) is 85.9 cm³/mol. The van der Waals surface area contributed by atoms with E-state index in [1.54, 1.807) is 29.2 Å². The molecule has 2 amide bonds. The van der Waals surface area contributed by atoms with Gasteiger partial charge in [0.25, 0.3) is 0 Å². The first-order valence-corrected chi connectivity index (χ1v) is 7.43. The highest BCUT2D eigenvalue weighted by molar-refractivity contribution is 8.00. The van der Waals surface area contributed by atoms with Crippen LogP contribution in [0.4, 0.5) is 5.69 Å². The van der Waals surface area contributed by atoms with E-state index in [0.29, 0.717) is 36.2 Å². The number of nitrogens with one attached hydrogen (secondary N) is 1. The molecule has 1 aromatic carbocycles. The average Bonchev–Trinajstić information content (AvgIpc) is 2.83. The van der Waals surface area contributed by atoms with Crippen LogP contribution in [0.2, 0.25) is 0 Å². The second-order valence-electron chi connectivity index (χ2n) is 4.28. The van der Waals surface area contributed by atoms with Gasteiger partial charge in [-0.15, -0.1) is 24.2 Å². The van der Waals surface area contributed by atoms with E-state index in [4.69, 9.17) is 10.5 Å². The number of ether oxygens (including phenoxy) is 1. The molecule has 6 nitrogen and oxygen atoms in total. The first-order valence-electron chi connectivity index (χ1n) is 6.27. The van der Waals surface area contributed by atoms with Crippen LogP contribution in [0.25, 0.3) is 0 Å². The lowest BCUT2D eigenvalue weighted by molar-refractivity contribution is -0.130. The van der Waals surface area contributed by atoms with Gasteiger partial charge in [-0.2, -0.15) is 0 Å². The number of halogens is 1. The number of nitrogens with two attached hydrogens (primary N) is 1. The number of hydrogen-bond acceptors (Lipinski definition) is 5. The van der Waals surface area contributed by atoms with Crippen molar-refractivity contribution < 1.29 is 14.3 Å². The molecule has 1 saturated heterocycles. The lowest BCUT2D eigenvalue weighted by Crippen LogP contribution is -2.34. The minimum atomic E-state index is -0.198. The van der Waals surface area contributed by atoms with Gasteiger partial charge in [0.2, 0.25) is 11.8 Å². The SMILES string of the molecule is Cl.NCCOc1ccc(NC(=O)CN2CSCC2=O)cc1. The number of carbonyl (C=O) groups is 2. The minimum absolute atomic E-state index is 0. The molecule has 0 radical (unpaired) electrons. The molecule has 1 aliphatic rings. The van der Waals surface area contributed by atoms with Gasteiger partial charge >= 0.3 is 0 Å². The summed E-state index contributed by atoms with van der Waals surface area (Å²) in [6.07, 6.45) is 0. The Morgan fingerprint density at radius 2 is 2.10 bits per heavy atom. The zero-order chi connectivity index (χ0) is 14.4.